The maximum absolute atomic E-state index is 9.39. The molecule has 0 amide bonds. The van der Waals surface area contributed by atoms with Gasteiger partial charge in [0.15, 0.2) is 4.90 Å². The number of hydrogen-bond acceptors (Lipinski definition) is 1. The van der Waals surface area contributed by atoms with Crippen LogP contribution < -0.4 is 0 Å². The van der Waals surface area contributed by atoms with Crippen LogP contribution in [0.1, 0.15) is 18.4 Å². The topological polar surface area (TPSA) is 20.2 Å². The zero-order chi connectivity index (χ0) is 9.26. The smallest absolute Gasteiger partial charge is 0.155 e. The van der Waals surface area contributed by atoms with Gasteiger partial charge in [-0.15, -0.1) is 0 Å². The lowest BCUT2D eigenvalue weighted by Gasteiger charge is -2.02. The van der Waals surface area contributed by atoms with E-state index in [9.17, 15) is 5.11 Å². The van der Waals surface area contributed by atoms with E-state index in [1.165, 1.54) is 29.2 Å². The molecule has 0 unspecified atom stereocenters. The Balaban J connectivity index is 2.25. The van der Waals surface area contributed by atoms with Crippen LogP contribution in [0.4, 0.5) is 0 Å². The molecule has 1 nitrogen and oxygen atoms in total. The molecule has 13 heavy (non-hydrogen) atoms. The highest BCUT2D eigenvalue weighted by Gasteiger charge is 2.26. The zero-order valence-electron chi connectivity index (χ0n) is 7.92. The molecule has 70 valence electrons. The minimum Gasteiger partial charge on any atom is -0.508 e. The summed E-state index contributed by atoms with van der Waals surface area (Å²) in [6.07, 6.45) is 2.76. The summed E-state index contributed by atoms with van der Waals surface area (Å²) in [7, 11) is 0.480. The Bertz CT molecular complexity index is 303. The minimum absolute atomic E-state index is 0.423. The lowest BCUT2D eigenvalue weighted by atomic mass is 10.2. The second-order valence-corrected chi connectivity index (χ2v) is 5.83. The average Bonchev–Trinajstić information content (AvgIpc) is 2.62. The van der Waals surface area contributed by atoms with Crippen LogP contribution in [0.15, 0.2) is 23.1 Å². The van der Waals surface area contributed by atoms with Crippen molar-refractivity contribution in [2.75, 3.05) is 11.5 Å². The minimum atomic E-state index is 0.423. The largest absolute Gasteiger partial charge is 0.508 e. The number of hydrogen-bond donors (Lipinski definition) is 1. The molecule has 0 radical (unpaired) electrons. The lowest BCUT2D eigenvalue weighted by Crippen LogP contribution is -2.03. The Morgan fingerprint density at radius 1 is 1.23 bits per heavy atom. The van der Waals surface area contributed by atoms with E-state index in [0.717, 1.165) is 5.56 Å². The fraction of sp³-hybridized carbons (Fsp3) is 0.455. The lowest BCUT2D eigenvalue weighted by molar-refractivity contribution is 0.470. The molecule has 1 aliphatic heterocycles. The molecule has 0 atom stereocenters. The molecular weight excluding hydrogens is 180 g/mol. The molecule has 2 heteroatoms. The van der Waals surface area contributed by atoms with E-state index < -0.39 is 0 Å². The number of aryl methyl sites for hydroxylation is 1. The molecule has 2 rings (SSSR count). The summed E-state index contributed by atoms with van der Waals surface area (Å²) in [5, 5.41) is 9.39. The van der Waals surface area contributed by atoms with Gasteiger partial charge in [-0.2, -0.15) is 0 Å². The Kier molecular flexibility index (Phi) is 2.49. The van der Waals surface area contributed by atoms with Crippen molar-refractivity contribution in [3.8, 4) is 5.75 Å². The summed E-state index contributed by atoms with van der Waals surface area (Å²) < 4.78 is 0. The van der Waals surface area contributed by atoms with Crippen molar-refractivity contribution in [2.45, 2.75) is 24.7 Å². The highest BCUT2D eigenvalue weighted by molar-refractivity contribution is 7.97. The fourth-order valence-corrected chi connectivity index (χ4v) is 4.08. The maximum Gasteiger partial charge on any atom is 0.155 e. The molecule has 0 aromatic heterocycles. The van der Waals surface area contributed by atoms with Gasteiger partial charge in [-0.25, -0.2) is 0 Å². The number of benzene rings is 1. The monoisotopic (exact) mass is 195 g/mol. The third kappa shape index (κ3) is 1.83. The van der Waals surface area contributed by atoms with Crippen LogP contribution in [0.2, 0.25) is 0 Å². The van der Waals surface area contributed by atoms with Crippen molar-refractivity contribution >= 4 is 10.9 Å². The summed E-state index contributed by atoms with van der Waals surface area (Å²) in [6, 6.07) is 6.05. The van der Waals surface area contributed by atoms with Gasteiger partial charge in [0.2, 0.25) is 0 Å². The first kappa shape index (κ1) is 8.95. The number of phenols is 1. The molecule has 1 fully saturated rings. The Morgan fingerprint density at radius 2 is 1.92 bits per heavy atom. The second kappa shape index (κ2) is 3.62. The number of phenolic OH excluding ortho intramolecular Hbond substituents is 1. The molecule has 1 N–H and O–H groups in total. The molecule has 1 saturated heterocycles. The van der Waals surface area contributed by atoms with Crippen LogP contribution in [0, 0.1) is 6.92 Å². The number of aromatic hydroxyl groups is 1. The maximum atomic E-state index is 9.39. The van der Waals surface area contributed by atoms with Crippen molar-refractivity contribution in [2.24, 2.45) is 0 Å². The molecule has 0 aliphatic carbocycles. The van der Waals surface area contributed by atoms with Crippen LogP contribution in [0.5, 0.6) is 5.75 Å². The third-order valence-corrected chi connectivity index (χ3v) is 5.02. The molecule has 1 heterocycles. The van der Waals surface area contributed by atoms with E-state index in [1.807, 2.05) is 13.0 Å². The van der Waals surface area contributed by atoms with Gasteiger partial charge in [0.25, 0.3) is 0 Å². The Labute approximate surface area is 82.1 Å². The van der Waals surface area contributed by atoms with E-state index in [0.29, 0.717) is 16.6 Å². The summed E-state index contributed by atoms with van der Waals surface area (Å²) in [6.45, 7) is 1.97. The highest BCUT2D eigenvalue weighted by Crippen LogP contribution is 2.26. The summed E-state index contributed by atoms with van der Waals surface area (Å²) in [5.41, 5.74) is 1.01. The third-order valence-electron chi connectivity index (χ3n) is 2.53. The van der Waals surface area contributed by atoms with E-state index in [4.69, 9.17) is 0 Å². The van der Waals surface area contributed by atoms with Crippen molar-refractivity contribution in [1.29, 1.82) is 0 Å². The van der Waals surface area contributed by atoms with Crippen molar-refractivity contribution in [3.63, 3.8) is 0 Å². The van der Waals surface area contributed by atoms with Gasteiger partial charge in [0, 0.05) is 10.9 Å². The molecule has 1 aromatic carbocycles. The first-order valence-corrected chi connectivity index (χ1v) is 6.31. The van der Waals surface area contributed by atoms with Crippen molar-refractivity contribution < 1.29 is 5.11 Å². The van der Waals surface area contributed by atoms with E-state index in [-0.39, 0.29) is 0 Å². The van der Waals surface area contributed by atoms with Gasteiger partial charge in [-0.05, 0) is 43.5 Å². The van der Waals surface area contributed by atoms with E-state index in [2.05, 4.69) is 12.1 Å². The first-order chi connectivity index (χ1) is 6.27. The van der Waals surface area contributed by atoms with Crippen LogP contribution in [-0.4, -0.2) is 16.6 Å². The fourth-order valence-electron chi connectivity index (χ4n) is 1.70. The predicted molar refractivity (Wildman–Crippen MR) is 57.4 cm³/mol. The zero-order valence-corrected chi connectivity index (χ0v) is 8.73. The summed E-state index contributed by atoms with van der Waals surface area (Å²) >= 11 is 0. The van der Waals surface area contributed by atoms with Crippen LogP contribution in [-0.2, 0) is 10.9 Å². The van der Waals surface area contributed by atoms with E-state index in [1.54, 1.807) is 0 Å². The van der Waals surface area contributed by atoms with Crippen LogP contribution in [0.3, 0.4) is 0 Å². The first-order valence-electron chi connectivity index (χ1n) is 4.74. The average molecular weight is 195 g/mol. The van der Waals surface area contributed by atoms with Gasteiger partial charge in [0.1, 0.15) is 17.3 Å². The molecule has 1 aromatic rings. The summed E-state index contributed by atoms with van der Waals surface area (Å²) in [5.74, 6) is 3.13. The predicted octanol–water partition coefficient (Wildman–Crippen LogP) is 2.47. The highest BCUT2D eigenvalue weighted by atomic mass is 32.2. The normalized spacial score (nSPS) is 17.9. The van der Waals surface area contributed by atoms with Crippen molar-refractivity contribution in [3.05, 3.63) is 23.8 Å². The van der Waals surface area contributed by atoms with E-state index >= 15 is 0 Å². The SMILES string of the molecule is Cc1cc([S+]2CCCC2)ccc1O. The van der Waals surface area contributed by atoms with Gasteiger partial charge in [-0.3, -0.25) is 0 Å². The van der Waals surface area contributed by atoms with Crippen LogP contribution in [0.25, 0.3) is 0 Å². The van der Waals surface area contributed by atoms with Crippen LogP contribution >= 0.6 is 0 Å². The van der Waals surface area contributed by atoms with Gasteiger partial charge < -0.3 is 5.11 Å². The Hall–Kier alpha value is -0.630. The molecule has 1 aliphatic rings. The second-order valence-electron chi connectivity index (χ2n) is 3.56. The van der Waals surface area contributed by atoms with Crippen molar-refractivity contribution in [1.82, 2.24) is 0 Å². The molecule has 0 bridgehead atoms. The molecule has 0 saturated carbocycles. The number of rotatable bonds is 1. The van der Waals surface area contributed by atoms with Gasteiger partial charge in [-0.1, -0.05) is 0 Å². The standard InChI is InChI=1S/C11H14OS/c1-9-8-10(4-5-11(9)12)13-6-2-3-7-13/h4-5,8H,2-3,6-7H2,1H3/p+1. The molecular formula is C11H15OS+. The van der Waals surface area contributed by atoms with Gasteiger partial charge >= 0.3 is 0 Å². The summed E-state index contributed by atoms with van der Waals surface area (Å²) in [4.78, 5) is 1.44. The molecule has 0 spiro atoms. The quantitative estimate of drug-likeness (QED) is 0.683. The van der Waals surface area contributed by atoms with Gasteiger partial charge in [0.05, 0.1) is 0 Å². The Morgan fingerprint density at radius 3 is 2.54 bits per heavy atom.